The van der Waals surface area contributed by atoms with Crippen molar-refractivity contribution in [3.05, 3.63) is 29.6 Å². The SMILES string of the molecule is O=C(CS)c1ccc(C(=O)[NH2+][S-])[n+]([S-])c1. The van der Waals surface area contributed by atoms with Crippen molar-refractivity contribution < 1.29 is 18.3 Å². The molecule has 1 aromatic heterocycles. The summed E-state index contributed by atoms with van der Waals surface area (Å²) in [5.41, 5.74) is 0.705. The molecule has 7 heteroatoms. The molecule has 1 heterocycles. The summed E-state index contributed by atoms with van der Waals surface area (Å²) in [6.07, 6.45) is 1.42. The van der Waals surface area contributed by atoms with Gasteiger partial charge in [-0.2, -0.15) is 12.6 Å². The number of ketones is 1. The monoisotopic (exact) mass is 260 g/mol. The summed E-state index contributed by atoms with van der Waals surface area (Å²) in [5, 5.41) is 0. The standard InChI is InChI=1S/C8H8N2O2S3/c11-7(4-13)5-1-2-6(8(12)9-14)10(15)3-5/h1-3,13H,4,9H2. The van der Waals surface area contributed by atoms with E-state index in [1.807, 2.05) is 0 Å². The van der Waals surface area contributed by atoms with Gasteiger partial charge >= 0.3 is 5.91 Å². The normalized spacial score (nSPS) is 10.0. The number of aromatic nitrogens is 1. The molecule has 2 N–H and O–H groups in total. The molecule has 0 radical (unpaired) electrons. The van der Waals surface area contributed by atoms with E-state index in [4.69, 9.17) is 12.8 Å². The lowest BCUT2D eigenvalue weighted by atomic mass is 10.2. The minimum Gasteiger partial charge on any atom is -0.488 e. The topological polar surface area (TPSA) is 54.6 Å². The minimum absolute atomic E-state index is 0.107. The first-order chi connectivity index (χ1) is 7.10. The van der Waals surface area contributed by atoms with Gasteiger partial charge in [-0.25, -0.2) is 4.79 Å². The third-order valence-corrected chi connectivity index (χ3v) is 2.54. The smallest absolute Gasteiger partial charge is 0.388 e. The number of thiol groups is 1. The molecule has 0 aliphatic rings. The Balaban J connectivity index is 3.08. The fourth-order valence-electron chi connectivity index (χ4n) is 0.988. The van der Waals surface area contributed by atoms with Gasteiger partial charge in [-0.15, -0.1) is 0 Å². The van der Waals surface area contributed by atoms with Crippen molar-refractivity contribution in [2.24, 2.45) is 0 Å². The van der Waals surface area contributed by atoms with Gasteiger partial charge in [0.05, 0.1) is 11.3 Å². The molecular formula is C8H8N2O2S3. The lowest BCUT2D eigenvalue weighted by Gasteiger charge is -2.05. The number of rotatable bonds is 3. The molecule has 4 nitrogen and oxygen atoms in total. The first-order valence-electron chi connectivity index (χ1n) is 3.97. The number of pyridine rings is 1. The molecule has 0 unspecified atom stereocenters. The number of nitrogens with two attached hydrogens (primary N) is 1. The van der Waals surface area contributed by atoms with Crippen LogP contribution in [0.3, 0.4) is 0 Å². The quantitative estimate of drug-likeness (QED) is 0.303. The number of hydrogen-bond acceptors (Lipinski definition) is 5. The second-order valence-electron chi connectivity index (χ2n) is 2.69. The van der Waals surface area contributed by atoms with Gasteiger partial charge in [0.25, 0.3) is 5.69 Å². The van der Waals surface area contributed by atoms with Crippen LogP contribution in [0, 0.1) is 0 Å². The van der Waals surface area contributed by atoms with Crippen molar-refractivity contribution in [3.63, 3.8) is 0 Å². The van der Waals surface area contributed by atoms with Crippen LogP contribution in [0.2, 0.25) is 0 Å². The van der Waals surface area contributed by atoms with Crippen molar-refractivity contribution in [1.82, 2.24) is 0 Å². The van der Waals surface area contributed by atoms with Crippen LogP contribution in [0.15, 0.2) is 18.3 Å². The molecule has 0 aromatic carbocycles. The molecule has 15 heavy (non-hydrogen) atoms. The molecule has 0 spiro atoms. The van der Waals surface area contributed by atoms with Gasteiger partial charge in [-0.05, 0) is 6.07 Å². The zero-order valence-electron chi connectivity index (χ0n) is 7.54. The Kier molecular flexibility index (Phi) is 4.52. The summed E-state index contributed by atoms with van der Waals surface area (Å²) in [4.78, 5) is 22.5. The molecular weight excluding hydrogens is 252 g/mol. The molecule has 0 atom stereocenters. The van der Waals surface area contributed by atoms with Crippen LogP contribution >= 0.6 is 12.6 Å². The average Bonchev–Trinajstić information content (AvgIpc) is 2.26. The van der Waals surface area contributed by atoms with Crippen LogP contribution < -0.4 is 8.69 Å². The van der Waals surface area contributed by atoms with Gasteiger partial charge in [0.2, 0.25) is 0 Å². The summed E-state index contributed by atoms with van der Waals surface area (Å²) in [6, 6.07) is 3.02. The number of hydrogen-bond donors (Lipinski definition) is 2. The summed E-state index contributed by atoms with van der Waals surface area (Å²) in [5.74, 6) is -0.376. The minimum atomic E-state index is -0.343. The van der Waals surface area contributed by atoms with Gasteiger partial charge < -0.3 is 30.4 Å². The number of primary amides is 1. The predicted molar refractivity (Wildman–Crippen MR) is 61.2 cm³/mol. The summed E-state index contributed by atoms with van der Waals surface area (Å²) >= 11 is 13.3. The Morgan fingerprint density at radius 1 is 1.47 bits per heavy atom. The average molecular weight is 260 g/mol. The Labute approximate surface area is 104 Å². The lowest BCUT2D eigenvalue weighted by molar-refractivity contribution is -0.507. The van der Waals surface area contributed by atoms with Crippen LogP contribution in [-0.4, -0.2) is 17.4 Å². The van der Waals surface area contributed by atoms with E-state index in [9.17, 15) is 9.59 Å². The highest BCUT2D eigenvalue weighted by atomic mass is 32.1. The van der Waals surface area contributed by atoms with Crippen molar-refractivity contribution >= 4 is 49.9 Å². The first kappa shape index (κ1) is 12.4. The highest BCUT2D eigenvalue weighted by Crippen LogP contribution is 2.00. The van der Waals surface area contributed by atoms with E-state index in [0.717, 1.165) is 4.72 Å². The zero-order chi connectivity index (χ0) is 11.4. The van der Waals surface area contributed by atoms with Gasteiger partial charge in [-0.1, -0.05) is 0 Å². The van der Waals surface area contributed by atoms with Gasteiger partial charge in [0.1, 0.15) is 0 Å². The maximum absolute atomic E-state index is 11.3. The van der Waals surface area contributed by atoms with Crippen molar-refractivity contribution in [1.29, 1.82) is 0 Å². The molecule has 0 fully saturated rings. The van der Waals surface area contributed by atoms with Crippen molar-refractivity contribution in [2.75, 3.05) is 5.75 Å². The summed E-state index contributed by atoms with van der Waals surface area (Å²) in [6.45, 7) is 0. The molecule has 0 aliphatic carbocycles. The maximum atomic E-state index is 11.3. The summed E-state index contributed by atoms with van der Waals surface area (Å²) < 4.78 is 2.18. The number of carbonyl (C=O) groups is 2. The van der Waals surface area contributed by atoms with Crippen LogP contribution in [0.4, 0.5) is 0 Å². The fourth-order valence-corrected chi connectivity index (χ4v) is 1.56. The molecule has 0 saturated carbocycles. The molecule has 1 amide bonds. The molecule has 0 saturated heterocycles. The van der Waals surface area contributed by atoms with E-state index in [1.165, 1.54) is 22.3 Å². The number of amides is 1. The fraction of sp³-hybridized carbons (Fsp3) is 0.125. The highest BCUT2D eigenvalue weighted by Gasteiger charge is 2.16. The van der Waals surface area contributed by atoms with E-state index in [0.29, 0.717) is 5.56 Å². The molecule has 0 bridgehead atoms. The lowest BCUT2D eigenvalue weighted by Crippen LogP contribution is -2.83. The Morgan fingerprint density at radius 2 is 2.13 bits per heavy atom. The highest BCUT2D eigenvalue weighted by molar-refractivity contribution is 7.81. The second kappa shape index (κ2) is 5.45. The Morgan fingerprint density at radius 3 is 2.60 bits per heavy atom. The first-order valence-corrected chi connectivity index (χ1v) is 5.44. The number of quaternary nitrogens is 1. The summed E-state index contributed by atoms with van der Waals surface area (Å²) in [7, 11) is 0. The number of nitrogens with zero attached hydrogens (tertiary/aromatic N) is 1. The maximum Gasteiger partial charge on any atom is 0.388 e. The molecule has 1 aromatic rings. The van der Waals surface area contributed by atoms with E-state index in [-0.39, 0.29) is 23.1 Å². The third kappa shape index (κ3) is 2.91. The number of carbonyl (C=O) groups excluding carboxylic acids is 2. The van der Waals surface area contributed by atoms with E-state index in [1.54, 1.807) is 0 Å². The van der Waals surface area contributed by atoms with Gasteiger partial charge in [0.15, 0.2) is 12.0 Å². The molecule has 80 valence electrons. The van der Waals surface area contributed by atoms with Crippen LogP contribution in [0.25, 0.3) is 0 Å². The second-order valence-corrected chi connectivity index (χ2v) is 3.64. The zero-order valence-corrected chi connectivity index (χ0v) is 10.1. The van der Waals surface area contributed by atoms with Crippen LogP contribution in [0.1, 0.15) is 20.8 Å². The largest absolute Gasteiger partial charge is 0.488 e. The van der Waals surface area contributed by atoms with Crippen LogP contribution in [-0.2, 0) is 25.6 Å². The van der Waals surface area contributed by atoms with E-state index in [2.05, 4.69) is 25.4 Å². The van der Waals surface area contributed by atoms with Crippen molar-refractivity contribution in [2.45, 2.75) is 0 Å². The van der Waals surface area contributed by atoms with E-state index < -0.39 is 0 Å². The Bertz CT molecular complexity index is 409. The molecule has 0 aliphatic heterocycles. The Hall–Kier alpha value is -0.630. The molecule has 1 rings (SSSR count). The van der Waals surface area contributed by atoms with E-state index >= 15 is 0 Å². The van der Waals surface area contributed by atoms with Crippen molar-refractivity contribution in [3.8, 4) is 0 Å². The number of Topliss-reactive ketones (excluding diaryl/α,β-unsaturated/α-hetero) is 1. The predicted octanol–water partition coefficient (Wildman–Crippen LogP) is -1.44. The van der Waals surface area contributed by atoms with Crippen LogP contribution in [0.5, 0.6) is 0 Å². The van der Waals surface area contributed by atoms with Gasteiger partial charge in [-0.3, -0.25) is 8.77 Å². The third-order valence-electron chi connectivity index (χ3n) is 1.74. The van der Waals surface area contributed by atoms with Gasteiger partial charge in [0, 0.05) is 6.07 Å².